The van der Waals surface area contributed by atoms with E-state index in [1.807, 2.05) is 53.3 Å². The van der Waals surface area contributed by atoms with E-state index in [4.69, 9.17) is 23.8 Å². The fourth-order valence-electron chi connectivity index (χ4n) is 3.41. The highest BCUT2D eigenvalue weighted by molar-refractivity contribution is 7.71. The van der Waals surface area contributed by atoms with Gasteiger partial charge in [-0.3, -0.25) is 14.5 Å². The first-order valence-corrected chi connectivity index (χ1v) is 9.63. The molecule has 1 amide bonds. The highest BCUT2D eigenvalue weighted by Gasteiger charge is 2.27. The summed E-state index contributed by atoms with van der Waals surface area (Å²) in [5.74, 6) is 0.641. The lowest BCUT2D eigenvalue weighted by Gasteiger charge is -2.10. The van der Waals surface area contributed by atoms with Crippen LogP contribution in [0, 0.1) is 18.6 Å². The third-order valence-electron chi connectivity index (χ3n) is 4.86. The van der Waals surface area contributed by atoms with E-state index in [1.54, 1.807) is 0 Å². The SMILES string of the molecule is Cc1cc(C(=O)NCc2n[nH]c(=S)n2C2CC2)c(C)n1-c1ccc(Cl)cc1. The molecule has 0 aliphatic heterocycles. The van der Waals surface area contributed by atoms with Crippen molar-refractivity contribution in [1.82, 2.24) is 24.6 Å². The molecule has 140 valence electrons. The van der Waals surface area contributed by atoms with E-state index < -0.39 is 0 Å². The van der Waals surface area contributed by atoms with Gasteiger partial charge in [0, 0.05) is 28.1 Å². The van der Waals surface area contributed by atoms with Crippen LogP contribution in [0.2, 0.25) is 5.02 Å². The van der Waals surface area contributed by atoms with Crippen LogP contribution in [0.5, 0.6) is 0 Å². The van der Waals surface area contributed by atoms with Gasteiger partial charge in [0.05, 0.1) is 12.1 Å². The van der Waals surface area contributed by atoms with Gasteiger partial charge in [0.25, 0.3) is 5.91 Å². The van der Waals surface area contributed by atoms with Crippen LogP contribution in [-0.4, -0.2) is 25.2 Å². The number of aromatic amines is 1. The van der Waals surface area contributed by atoms with Gasteiger partial charge in [-0.1, -0.05) is 11.6 Å². The van der Waals surface area contributed by atoms with Crippen LogP contribution in [0.1, 0.15) is 46.5 Å². The number of rotatable bonds is 5. The van der Waals surface area contributed by atoms with Gasteiger partial charge in [0.2, 0.25) is 0 Å². The highest BCUT2D eigenvalue weighted by atomic mass is 35.5. The lowest BCUT2D eigenvalue weighted by atomic mass is 10.2. The molecule has 27 heavy (non-hydrogen) atoms. The van der Waals surface area contributed by atoms with Crippen molar-refractivity contribution in [3.05, 3.63) is 62.9 Å². The number of H-pyrrole nitrogens is 1. The molecule has 0 unspecified atom stereocenters. The second-order valence-electron chi connectivity index (χ2n) is 6.83. The van der Waals surface area contributed by atoms with Crippen molar-refractivity contribution < 1.29 is 4.79 Å². The number of aromatic nitrogens is 4. The van der Waals surface area contributed by atoms with Crippen molar-refractivity contribution in [2.45, 2.75) is 39.3 Å². The number of hydrogen-bond acceptors (Lipinski definition) is 3. The number of benzene rings is 1. The molecule has 1 aliphatic carbocycles. The minimum Gasteiger partial charge on any atom is -0.345 e. The minimum atomic E-state index is -0.125. The predicted octanol–water partition coefficient (Wildman–Crippen LogP) is 4.27. The van der Waals surface area contributed by atoms with Gasteiger partial charge >= 0.3 is 0 Å². The van der Waals surface area contributed by atoms with Crippen molar-refractivity contribution in [2.24, 2.45) is 0 Å². The Morgan fingerprint density at radius 1 is 1.33 bits per heavy atom. The van der Waals surface area contributed by atoms with Crippen LogP contribution in [0.25, 0.3) is 5.69 Å². The lowest BCUT2D eigenvalue weighted by molar-refractivity contribution is 0.0949. The zero-order chi connectivity index (χ0) is 19.1. The standard InChI is InChI=1S/C19H20ClN5OS/c1-11-9-16(12(2)24(11)14-5-3-13(20)4-6-14)18(26)21-10-17-22-23-19(27)25(17)15-7-8-15/h3-6,9,15H,7-8,10H2,1-2H3,(H,21,26)(H,23,27). The molecule has 1 aliphatic rings. The van der Waals surface area contributed by atoms with E-state index in [2.05, 4.69) is 15.5 Å². The Balaban J connectivity index is 1.55. The van der Waals surface area contributed by atoms with Crippen LogP contribution in [-0.2, 0) is 6.54 Å². The van der Waals surface area contributed by atoms with Gasteiger partial charge in [-0.15, -0.1) is 0 Å². The molecule has 1 fully saturated rings. The summed E-state index contributed by atoms with van der Waals surface area (Å²) in [5, 5.41) is 10.7. The molecule has 1 aromatic carbocycles. The van der Waals surface area contributed by atoms with Gasteiger partial charge in [-0.2, -0.15) is 5.10 Å². The second kappa shape index (κ2) is 6.98. The van der Waals surface area contributed by atoms with Crippen molar-refractivity contribution >= 4 is 29.7 Å². The second-order valence-corrected chi connectivity index (χ2v) is 7.65. The van der Waals surface area contributed by atoms with Gasteiger partial charge in [0.15, 0.2) is 10.6 Å². The molecule has 0 bridgehead atoms. The van der Waals surface area contributed by atoms with Crippen molar-refractivity contribution in [3.63, 3.8) is 0 Å². The summed E-state index contributed by atoms with van der Waals surface area (Å²) in [5.41, 5.74) is 3.49. The smallest absolute Gasteiger partial charge is 0.253 e. The Kier molecular flexibility index (Phi) is 4.65. The summed E-state index contributed by atoms with van der Waals surface area (Å²) in [6.45, 7) is 4.26. The Bertz CT molecular complexity index is 1060. The Hall–Kier alpha value is -2.38. The minimum absolute atomic E-state index is 0.125. The quantitative estimate of drug-likeness (QED) is 0.627. The number of aryl methyl sites for hydroxylation is 1. The fourth-order valence-corrected chi connectivity index (χ4v) is 3.83. The molecule has 2 aromatic heterocycles. The molecule has 8 heteroatoms. The number of carbonyl (C=O) groups is 1. The molecule has 0 saturated heterocycles. The van der Waals surface area contributed by atoms with E-state index in [-0.39, 0.29) is 5.91 Å². The molecule has 2 N–H and O–H groups in total. The van der Waals surface area contributed by atoms with Crippen molar-refractivity contribution in [1.29, 1.82) is 0 Å². The first-order chi connectivity index (χ1) is 13.0. The van der Waals surface area contributed by atoms with E-state index >= 15 is 0 Å². The van der Waals surface area contributed by atoms with Crippen LogP contribution >= 0.6 is 23.8 Å². The predicted molar refractivity (Wildman–Crippen MR) is 107 cm³/mol. The highest BCUT2D eigenvalue weighted by Crippen LogP contribution is 2.35. The monoisotopic (exact) mass is 401 g/mol. The van der Waals surface area contributed by atoms with E-state index in [9.17, 15) is 4.79 Å². The Morgan fingerprint density at radius 2 is 2.04 bits per heavy atom. The summed E-state index contributed by atoms with van der Waals surface area (Å²) in [6.07, 6.45) is 2.22. The van der Waals surface area contributed by atoms with Crippen LogP contribution in [0.4, 0.5) is 0 Å². The maximum absolute atomic E-state index is 12.8. The number of nitrogens with zero attached hydrogens (tertiary/aromatic N) is 3. The molecule has 2 heterocycles. The van der Waals surface area contributed by atoms with Crippen LogP contribution in [0.3, 0.4) is 0 Å². The molecular formula is C19H20ClN5OS. The number of halogens is 1. The van der Waals surface area contributed by atoms with Gasteiger partial charge < -0.3 is 9.88 Å². The molecule has 0 spiro atoms. The van der Waals surface area contributed by atoms with E-state index in [0.717, 1.165) is 35.7 Å². The van der Waals surface area contributed by atoms with Gasteiger partial charge in [-0.05, 0) is 69.2 Å². The molecule has 0 atom stereocenters. The van der Waals surface area contributed by atoms with E-state index in [1.165, 1.54) is 0 Å². The normalized spacial score (nSPS) is 13.7. The average Bonchev–Trinajstić information content (AvgIpc) is 3.34. The maximum Gasteiger partial charge on any atom is 0.253 e. The van der Waals surface area contributed by atoms with E-state index in [0.29, 0.717) is 27.9 Å². The van der Waals surface area contributed by atoms with Crippen LogP contribution < -0.4 is 5.32 Å². The number of nitrogens with one attached hydrogen (secondary N) is 2. The molecular weight excluding hydrogens is 382 g/mol. The molecule has 6 nitrogen and oxygen atoms in total. The zero-order valence-electron chi connectivity index (χ0n) is 15.1. The van der Waals surface area contributed by atoms with Gasteiger partial charge in [-0.25, -0.2) is 0 Å². The zero-order valence-corrected chi connectivity index (χ0v) is 16.7. The van der Waals surface area contributed by atoms with Crippen LogP contribution in [0.15, 0.2) is 30.3 Å². The first kappa shape index (κ1) is 18.0. The summed E-state index contributed by atoms with van der Waals surface area (Å²) in [7, 11) is 0. The maximum atomic E-state index is 12.8. The summed E-state index contributed by atoms with van der Waals surface area (Å²) in [6, 6.07) is 9.89. The Labute approximate surface area is 167 Å². The molecule has 1 saturated carbocycles. The first-order valence-electron chi connectivity index (χ1n) is 8.84. The molecule has 4 rings (SSSR count). The van der Waals surface area contributed by atoms with Crippen molar-refractivity contribution in [3.8, 4) is 5.69 Å². The number of hydrogen-bond donors (Lipinski definition) is 2. The largest absolute Gasteiger partial charge is 0.345 e. The third-order valence-corrected chi connectivity index (χ3v) is 5.40. The lowest BCUT2D eigenvalue weighted by Crippen LogP contribution is -2.25. The van der Waals surface area contributed by atoms with Crippen molar-refractivity contribution in [2.75, 3.05) is 0 Å². The molecule has 0 radical (unpaired) electrons. The third kappa shape index (κ3) is 3.44. The molecule has 3 aromatic rings. The number of amides is 1. The Morgan fingerprint density at radius 3 is 2.70 bits per heavy atom. The average molecular weight is 402 g/mol. The topological polar surface area (TPSA) is 67.6 Å². The van der Waals surface area contributed by atoms with Gasteiger partial charge in [0.1, 0.15) is 0 Å². The summed E-state index contributed by atoms with van der Waals surface area (Å²) < 4.78 is 4.67. The number of carbonyl (C=O) groups excluding carboxylic acids is 1. The summed E-state index contributed by atoms with van der Waals surface area (Å²) in [4.78, 5) is 12.8. The fraction of sp³-hybridized carbons (Fsp3) is 0.316. The summed E-state index contributed by atoms with van der Waals surface area (Å²) >= 11 is 11.3.